The Morgan fingerprint density at radius 2 is 1.74 bits per heavy atom. The normalized spacial score (nSPS) is 15.3. The van der Waals surface area contributed by atoms with Crippen molar-refractivity contribution in [3.63, 3.8) is 0 Å². The van der Waals surface area contributed by atoms with Crippen LogP contribution in [0.4, 0.5) is 13.2 Å². The molecule has 2 aromatic rings. The van der Waals surface area contributed by atoms with E-state index in [4.69, 9.17) is 9.57 Å². The number of rotatable bonds is 9. The van der Waals surface area contributed by atoms with Crippen LogP contribution < -0.4 is 4.74 Å². The highest BCUT2D eigenvalue weighted by Crippen LogP contribution is 2.29. The Balaban J connectivity index is 1.59. The Morgan fingerprint density at radius 3 is 2.34 bits per heavy atom. The van der Waals surface area contributed by atoms with E-state index in [1.54, 1.807) is 0 Å². The molecule has 1 aliphatic rings. The maximum atomic E-state index is 12.7. The molecule has 0 unspecified atom stereocenters. The number of alkyl halides is 3. The number of halogens is 3. The number of carbonyl (C=O) groups excluding carboxylic acids is 1. The number of hydrogen-bond acceptors (Lipinski definition) is 5. The molecule has 0 aliphatic carbocycles. The average Bonchev–Trinajstić information content (AvgIpc) is 2.83. The third-order valence-corrected chi connectivity index (χ3v) is 5.89. The van der Waals surface area contributed by atoms with Crippen molar-refractivity contribution in [3.8, 4) is 5.75 Å². The lowest BCUT2D eigenvalue weighted by Crippen LogP contribution is -2.48. The van der Waals surface area contributed by atoms with Gasteiger partial charge in [-0.2, -0.15) is 13.2 Å². The number of aryl methyl sites for hydroxylation is 1. The minimum Gasteiger partial charge on any atom is -0.483 e. The molecule has 2 aromatic carbocycles. The topological polar surface area (TPSA) is 54.4 Å². The van der Waals surface area contributed by atoms with Crippen LogP contribution >= 0.6 is 0 Å². The first-order chi connectivity index (χ1) is 16.7. The molecule has 190 valence electrons. The molecule has 9 heteroatoms. The zero-order valence-electron chi connectivity index (χ0n) is 20.4. The Bertz CT molecular complexity index is 1010. The molecule has 0 atom stereocenters. The number of nitrogens with zero attached hydrogens (tertiary/aromatic N) is 3. The van der Waals surface area contributed by atoms with E-state index in [1.165, 1.54) is 12.1 Å². The van der Waals surface area contributed by atoms with E-state index >= 15 is 0 Å². The van der Waals surface area contributed by atoms with Gasteiger partial charge in [0.2, 0.25) is 0 Å². The van der Waals surface area contributed by atoms with Crippen LogP contribution in [0.3, 0.4) is 0 Å². The van der Waals surface area contributed by atoms with Crippen LogP contribution in [0, 0.1) is 6.92 Å². The number of carbonyl (C=O) groups is 1. The maximum absolute atomic E-state index is 12.7. The second kappa shape index (κ2) is 12.1. The molecule has 0 aromatic heterocycles. The van der Waals surface area contributed by atoms with Crippen LogP contribution in [0.5, 0.6) is 5.75 Å². The Hall–Kier alpha value is -3.07. The summed E-state index contributed by atoms with van der Waals surface area (Å²) >= 11 is 0. The predicted molar refractivity (Wildman–Crippen MR) is 128 cm³/mol. The average molecular weight is 492 g/mol. The molecule has 0 saturated carbocycles. The summed E-state index contributed by atoms with van der Waals surface area (Å²) in [5.74, 6) is 0.615. The van der Waals surface area contributed by atoms with Gasteiger partial charge in [-0.3, -0.25) is 4.79 Å². The molecule has 1 aliphatic heterocycles. The standard InChI is InChI=1S/C26H32F3N3O3/c1-4-5-23(30-35-17-20-6-9-22(10-7-20)26(27,28)29)21-8-11-24(19(2)16-21)34-18-25(33)32-14-12-31(3)13-15-32/h6-11,16H,4-5,12-15,17-18H2,1-3H3. The Morgan fingerprint density at radius 1 is 1.06 bits per heavy atom. The van der Waals surface area contributed by atoms with Gasteiger partial charge in [-0.1, -0.05) is 30.6 Å². The van der Waals surface area contributed by atoms with Crippen molar-refractivity contribution < 1.29 is 27.5 Å². The minimum atomic E-state index is -4.36. The molecule has 0 spiro atoms. The van der Waals surface area contributed by atoms with Gasteiger partial charge in [-0.25, -0.2) is 0 Å². The lowest BCUT2D eigenvalue weighted by molar-refractivity contribution is -0.137. The summed E-state index contributed by atoms with van der Waals surface area (Å²) in [6, 6.07) is 10.5. The Kier molecular flexibility index (Phi) is 9.14. The number of likely N-dealkylation sites (N-methyl/N-ethyl adjacent to an activating group) is 1. The molecule has 1 heterocycles. The van der Waals surface area contributed by atoms with E-state index in [0.29, 0.717) is 30.8 Å². The number of amides is 1. The third-order valence-electron chi connectivity index (χ3n) is 5.89. The van der Waals surface area contributed by atoms with Crippen LogP contribution in [0.25, 0.3) is 0 Å². The van der Waals surface area contributed by atoms with Crippen molar-refractivity contribution in [2.24, 2.45) is 5.16 Å². The van der Waals surface area contributed by atoms with Gasteiger partial charge in [-0.15, -0.1) is 0 Å². The monoisotopic (exact) mass is 491 g/mol. The molecule has 3 rings (SSSR count). The quantitative estimate of drug-likeness (QED) is 0.370. The van der Waals surface area contributed by atoms with Crippen LogP contribution in [-0.4, -0.2) is 61.3 Å². The second-order valence-corrected chi connectivity index (χ2v) is 8.71. The summed E-state index contributed by atoms with van der Waals surface area (Å²) in [7, 11) is 2.04. The summed E-state index contributed by atoms with van der Waals surface area (Å²) in [6.07, 6.45) is -2.84. The lowest BCUT2D eigenvalue weighted by Gasteiger charge is -2.32. The molecule has 6 nitrogen and oxygen atoms in total. The fraction of sp³-hybridized carbons (Fsp3) is 0.462. The van der Waals surface area contributed by atoms with Crippen molar-refractivity contribution in [2.75, 3.05) is 39.8 Å². The van der Waals surface area contributed by atoms with Crippen molar-refractivity contribution in [1.29, 1.82) is 0 Å². The number of hydrogen-bond donors (Lipinski definition) is 0. The van der Waals surface area contributed by atoms with Crippen molar-refractivity contribution in [3.05, 3.63) is 64.7 Å². The van der Waals surface area contributed by atoms with E-state index in [1.807, 2.05) is 44.0 Å². The highest BCUT2D eigenvalue weighted by atomic mass is 19.4. The lowest BCUT2D eigenvalue weighted by atomic mass is 10.0. The molecule has 1 fully saturated rings. The number of piperazine rings is 1. The Labute approximate surface area is 204 Å². The zero-order chi connectivity index (χ0) is 25.4. The summed E-state index contributed by atoms with van der Waals surface area (Å²) in [5, 5.41) is 4.25. The SMILES string of the molecule is CCCC(=NOCc1ccc(C(F)(F)F)cc1)c1ccc(OCC(=O)N2CCN(C)CC2)c(C)c1. The fourth-order valence-electron chi connectivity index (χ4n) is 3.73. The van der Waals surface area contributed by atoms with E-state index in [2.05, 4.69) is 10.1 Å². The minimum absolute atomic E-state index is 0.00392. The summed E-state index contributed by atoms with van der Waals surface area (Å²) in [5.41, 5.74) is 2.39. The van der Waals surface area contributed by atoms with E-state index < -0.39 is 11.7 Å². The molecule has 0 bridgehead atoms. The molecule has 1 saturated heterocycles. The fourth-order valence-corrected chi connectivity index (χ4v) is 3.73. The van der Waals surface area contributed by atoms with Gasteiger partial charge in [0.1, 0.15) is 12.4 Å². The summed E-state index contributed by atoms with van der Waals surface area (Å²) < 4.78 is 43.9. The van der Waals surface area contributed by atoms with Crippen molar-refractivity contribution in [2.45, 2.75) is 39.5 Å². The zero-order valence-corrected chi connectivity index (χ0v) is 20.4. The highest BCUT2D eigenvalue weighted by molar-refractivity contribution is 6.00. The molecule has 1 amide bonds. The van der Waals surface area contributed by atoms with E-state index in [0.717, 1.165) is 48.5 Å². The number of ether oxygens (including phenoxy) is 1. The largest absolute Gasteiger partial charge is 0.483 e. The first-order valence-corrected chi connectivity index (χ1v) is 11.7. The van der Waals surface area contributed by atoms with Crippen molar-refractivity contribution in [1.82, 2.24) is 9.80 Å². The molecule has 0 radical (unpaired) electrons. The molecule has 0 N–H and O–H groups in total. The predicted octanol–water partition coefficient (Wildman–Crippen LogP) is 4.89. The van der Waals surface area contributed by atoms with Crippen LogP contribution in [-0.2, 0) is 22.4 Å². The van der Waals surface area contributed by atoms with E-state index in [9.17, 15) is 18.0 Å². The van der Waals surface area contributed by atoms with Gasteiger partial charge in [0.25, 0.3) is 5.91 Å². The van der Waals surface area contributed by atoms with Crippen LogP contribution in [0.2, 0.25) is 0 Å². The first-order valence-electron chi connectivity index (χ1n) is 11.7. The number of benzene rings is 2. The van der Waals surface area contributed by atoms with Gasteiger partial charge in [0, 0.05) is 26.2 Å². The van der Waals surface area contributed by atoms with Crippen molar-refractivity contribution >= 4 is 11.6 Å². The van der Waals surface area contributed by atoms with Crippen LogP contribution in [0.1, 0.15) is 42.0 Å². The third kappa shape index (κ3) is 7.71. The van der Waals surface area contributed by atoms with Gasteiger partial charge in [0.05, 0.1) is 11.3 Å². The summed E-state index contributed by atoms with van der Waals surface area (Å²) in [4.78, 5) is 21.9. The first kappa shape index (κ1) is 26.5. The molecular weight excluding hydrogens is 459 g/mol. The van der Waals surface area contributed by atoms with Gasteiger partial charge >= 0.3 is 6.18 Å². The van der Waals surface area contributed by atoms with Crippen LogP contribution in [0.15, 0.2) is 47.6 Å². The second-order valence-electron chi connectivity index (χ2n) is 8.71. The molecule has 35 heavy (non-hydrogen) atoms. The van der Waals surface area contributed by atoms with Gasteiger partial charge < -0.3 is 19.4 Å². The molecular formula is C26H32F3N3O3. The van der Waals surface area contributed by atoms with Gasteiger partial charge in [0.15, 0.2) is 6.61 Å². The van der Waals surface area contributed by atoms with E-state index in [-0.39, 0.29) is 19.1 Å². The van der Waals surface area contributed by atoms with Gasteiger partial charge in [-0.05, 0) is 67.4 Å². The summed E-state index contributed by atoms with van der Waals surface area (Å²) in [6.45, 7) is 7.14. The highest BCUT2D eigenvalue weighted by Gasteiger charge is 2.29. The smallest absolute Gasteiger partial charge is 0.416 e. The maximum Gasteiger partial charge on any atom is 0.416 e. The number of oxime groups is 1.